The molecule has 0 radical (unpaired) electrons. The fourth-order valence-electron chi connectivity index (χ4n) is 3.01. The zero-order chi connectivity index (χ0) is 16.2. The zero-order valence-electron chi connectivity index (χ0n) is 13.1. The second kappa shape index (κ2) is 7.00. The number of benzene rings is 1. The largest absolute Gasteiger partial charge is 0.466 e. The van der Waals surface area contributed by atoms with E-state index in [0.29, 0.717) is 19.4 Å². The van der Waals surface area contributed by atoms with Crippen LogP contribution in [-0.2, 0) is 25.6 Å². The molecule has 1 N–H and O–H groups in total. The van der Waals surface area contributed by atoms with Gasteiger partial charge in [0.15, 0.2) is 0 Å². The molecule has 3 rings (SSSR count). The van der Waals surface area contributed by atoms with Crippen LogP contribution in [0.15, 0.2) is 30.3 Å². The predicted molar refractivity (Wildman–Crippen MR) is 81.6 cm³/mol. The highest BCUT2D eigenvalue weighted by Gasteiger charge is 2.51. The first-order chi connectivity index (χ1) is 11.2. The highest BCUT2D eigenvalue weighted by atomic mass is 16.6. The van der Waals surface area contributed by atoms with Gasteiger partial charge in [0.05, 0.1) is 24.7 Å². The van der Waals surface area contributed by atoms with Gasteiger partial charge in [-0.15, -0.1) is 0 Å². The molecule has 1 saturated heterocycles. The summed E-state index contributed by atoms with van der Waals surface area (Å²) < 4.78 is 15.8. The van der Waals surface area contributed by atoms with Crippen molar-refractivity contribution >= 4 is 12.1 Å². The molecule has 23 heavy (non-hydrogen) atoms. The van der Waals surface area contributed by atoms with E-state index in [-0.39, 0.29) is 36.7 Å². The highest BCUT2D eigenvalue weighted by Crippen LogP contribution is 2.40. The molecule has 0 aromatic heterocycles. The summed E-state index contributed by atoms with van der Waals surface area (Å²) in [6.07, 6.45) is 0.956. The summed E-state index contributed by atoms with van der Waals surface area (Å²) >= 11 is 0. The lowest BCUT2D eigenvalue weighted by Crippen LogP contribution is -2.47. The van der Waals surface area contributed by atoms with E-state index in [1.807, 2.05) is 30.3 Å². The molecule has 1 aromatic carbocycles. The molecule has 2 aliphatic rings. The van der Waals surface area contributed by atoms with Gasteiger partial charge in [0.2, 0.25) is 0 Å². The van der Waals surface area contributed by atoms with Gasteiger partial charge in [0, 0.05) is 6.04 Å². The lowest BCUT2D eigenvalue weighted by Gasteiger charge is -2.28. The first kappa shape index (κ1) is 15.8. The maximum Gasteiger partial charge on any atom is 0.407 e. The Bertz CT molecular complexity index is 561. The van der Waals surface area contributed by atoms with Gasteiger partial charge < -0.3 is 19.5 Å². The third-order valence-corrected chi connectivity index (χ3v) is 4.25. The van der Waals surface area contributed by atoms with E-state index in [1.165, 1.54) is 0 Å². The number of fused-ring (bicyclic) bond motifs is 1. The lowest BCUT2D eigenvalue weighted by molar-refractivity contribution is -0.149. The number of nitrogens with one attached hydrogen (secondary N) is 1. The maximum atomic E-state index is 12.1. The van der Waals surface area contributed by atoms with Crippen molar-refractivity contribution in [1.82, 2.24) is 5.32 Å². The Labute approximate surface area is 135 Å². The van der Waals surface area contributed by atoms with Crippen LogP contribution in [0.1, 0.15) is 25.3 Å². The molecule has 6 heteroatoms. The van der Waals surface area contributed by atoms with Crippen LogP contribution < -0.4 is 5.32 Å². The second-order valence-electron chi connectivity index (χ2n) is 5.86. The molecule has 1 aliphatic heterocycles. The average molecular weight is 319 g/mol. The number of hydrogen-bond donors (Lipinski definition) is 1. The monoisotopic (exact) mass is 319 g/mol. The molecule has 0 unspecified atom stereocenters. The van der Waals surface area contributed by atoms with Crippen LogP contribution in [0.4, 0.5) is 4.79 Å². The molecule has 6 nitrogen and oxygen atoms in total. The Morgan fingerprint density at radius 1 is 1.17 bits per heavy atom. The first-order valence-corrected chi connectivity index (χ1v) is 7.96. The minimum absolute atomic E-state index is 0.128. The van der Waals surface area contributed by atoms with Crippen molar-refractivity contribution in [2.24, 2.45) is 5.92 Å². The van der Waals surface area contributed by atoms with Crippen molar-refractivity contribution in [3.8, 4) is 0 Å². The summed E-state index contributed by atoms with van der Waals surface area (Å²) in [6, 6.07) is 9.15. The van der Waals surface area contributed by atoms with E-state index >= 15 is 0 Å². The van der Waals surface area contributed by atoms with Crippen LogP contribution in [0.2, 0.25) is 0 Å². The molecular weight excluding hydrogens is 298 g/mol. The molecule has 0 bridgehead atoms. The second-order valence-corrected chi connectivity index (χ2v) is 5.86. The Morgan fingerprint density at radius 3 is 2.65 bits per heavy atom. The number of alkyl carbamates (subject to hydrolysis) is 1. The third-order valence-electron chi connectivity index (χ3n) is 4.25. The summed E-state index contributed by atoms with van der Waals surface area (Å²) in [5, 5.41) is 2.79. The Kier molecular flexibility index (Phi) is 4.81. The van der Waals surface area contributed by atoms with Crippen LogP contribution in [0.3, 0.4) is 0 Å². The van der Waals surface area contributed by atoms with E-state index in [2.05, 4.69) is 5.32 Å². The van der Waals surface area contributed by atoms with Gasteiger partial charge in [0.1, 0.15) is 6.61 Å². The van der Waals surface area contributed by atoms with E-state index < -0.39 is 6.09 Å². The summed E-state index contributed by atoms with van der Waals surface area (Å²) in [5.41, 5.74) is 0.916. The molecule has 1 heterocycles. The molecule has 1 amide bonds. The minimum atomic E-state index is -0.521. The minimum Gasteiger partial charge on any atom is -0.466 e. The summed E-state index contributed by atoms with van der Waals surface area (Å²) in [4.78, 5) is 24.1. The van der Waals surface area contributed by atoms with Crippen LogP contribution in [0.5, 0.6) is 0 Å². The Hall–Kier alpha value is -2.08. The van der Waals surface area contributed by atoms with Gasteiger partial charge in [-0.1, -0.05) is 30.3 Å². The fourth-order valence-corrected chi connectivity index (χ4v) is 3.01. The van der Waals surface area contributed by atoms with Crippen molar-refractivity contribution < 1.29 is 23.8 Å². The van der Waals surface area contributed by atoms with Crippen LogP contribution in [0, 0.1) is 5.92 Å². The number of esters is 1. The normalized spacial score (nSPS) is 28.4. The Morgan fingerprint density at radius 2 is 1.91 bits per heavy atom. The van der Waals surface area contributed by atoms with E-state index in [4.69, 9.17) is 14.2 Å². The van der Waals surface area contributed by atoms with E-state index in [0.717, 1.165) is 5.56 Å². The predicted octanol–water partition coefficient (Wildman–Crippen LogP) is 2.02. The lowest BCUT2D eigenvalue weighted by atomic mass is 9.84. The third kappa shape index (κ3) is 4.01. The molecule has 4 atom stereocenters. The standard InChI is InChI=1S/C17H21NO5/c1-2-21-16(19)12-8-14-15(23-14)9-13(12)18-17(20)22-10-11-6-4-3-5-7-11/h3-7,12-15H,2,8-10H2,1H3,(H,18,20)/t12-,13-,14-,15+/m1/s1. The van der Waals surface area contributed by atoms with Crippen molar-refractivity contribution in [3.63, 3.8) is 0 Å². The van der Waals surface area contributed by atoms with E-state index in [9.17, 15) is 9.59 Å². The van der Waals surface area contributed by atoms with Crippen molar-refractivity contribution in [1.29, 1.82) is 0 Å². The number of rotatable bonds is 5. The van der Waals surface area contributed by atoms with E-state index in [1.54, 1.807) is 6.92 Å². The molecule has 2 fully saturated rings. The van der Waals surface area contributed by atoms with Gasteiger partial charge in [-0.05, 0) is 25.3 Å². The summed E-state index contributed by atoms with van der Waals surface area (Å²) in [6.45, 7) is 2.30. The maximum absolute atomic E-state index is 12.1. The average Bonchev–Trinajstić information content (AvgIpc) is 3.31. The molecule has 1 aliphatic carbocycles. The molecule has 1 saturated carbocycles. The molecule has 1 aromatic rings. The topological polar surface area (TPSA) is 77.2 Å². The van der Waals surface area contributed by atoms with Gasteiger partial charge in [-0.3, -0.25) is 4.79 Å². The number of carbonyl (C=O) groups is 2. The zero-order valence-corrected chi connectivity index (χ0v) is 13.1. The molecular formula is C17H21NO5. The Balaban J connectivity index is 1.53. The van der Waals surface area contributed by atoms with Crippen LogP contribution in [0.25, 0.3) is 0 Å². The van der Waals surface area contributed by atoms with Crippen molar-refractivity contribution in [2.75, 3.05) is 6.61 Å². The fraction of sp³-hybridized carbons (Fsp3) is 0.529. The first-order valence-electron chi connectivity index (χ1n) is 7.96. The van der Waals surface area contributed by atoms with Crippen molar-refractivity contribution in [3.05, 3.63) is 35.9 Å². The number of carbonyl (C=O) groups excluding carboxylic acids is 2. The van der Waals surface area contributed by atoms with Gasteiger partial charge in [-0.25, -0.2) is 4.79 Å². The number of ether oxygens (including phenoxy) is 3. The quantitative estimate of drug-likeness (QED) is 0.664. The summed E-state index contributed by atoms with van der Waals surface area (Å²) in [7, 11) is 0. The molecule has 124 valence electrons. The number of epoxide rings is 1. The van der Waals surface area contributed by atoms with Gasteiger partial charge in [0.25, 0.3) is 0 Å². The summed E-state index contributed by atoms with van der Waals surface area (Å²) in [5.74, 6) is -0.655. The van der Waals surface area contributed by atoms with Crippen LogP contribution >= 0.6 is 0 Å². The SMILES string of the molecule is CCOC(=O)[C@@H]1C[C@H]2O[C@H]2C[C@H]1NC(=O)OCc1ccccc1. The highest BCUT2D eigenvalue weighted by molar-refractivity contribution is 5.75. The number of amides is 1. The van der Waals surface area contributed by atoms with Gasteiger partial charge >= 0.3 is 12.1 Å². The molecule has 0 spiro atoms. The van der Waals surface area contributed by atoms with Crippen LogP contribution in [-0.4, -0.2) is 36.9 Å². The van der Waals surface area contributed by atoms with Crippen molar-refractivity contribution in [2.45, 2.75) is 44.6 Å². The smallest absolute Gasteiger partial charge is 0.407 e. The van der Waals surface area contributed by atoms with Gasteiger partial charge in [-0.2, -0.15) is 0 Å². The number of hydrogen-bond acceptors (Lipinski definition) is 5.